The number of aliphatic carboxylic acids is 1. The number of hydrogen-bond donors (Lipinski definition) is 1. The molecule has 36 heavy (non-hydrogen) atoms. The first-order chi connectivity index (χ1) is 17.3. The Bertz CT molecular complexity index is 1320. The summed E-state index contributed by atoms with van der Waals surface area (Å²) in [6.45, 7) is 2.71. The van der Waals surface area contributed by atoms with Crippen molar-refractivity contribution in [2.24, 2.45) is 0 Å². The topological polar surface area (TPSA) is 76.1 Å². The lowest BCUT2D eigenvalue weighted by atomic mass is 10.1. The van der Waals surface area contributed by atoms with Crippen LogP contribution in [0.3, 0.4) is 0 Å². The fourth-order valence-electron chi connectivity index (χ4n) is 3.52. The maximum atomic E-state index is 13.1. The second kappa shape index (κ2) is 11.6. The van der Waals surface area contributed by atoms with Crippen molar-refractivity contribution in [2.45, 2.75) is 20.0 Å². The fraction of sp³-hybridized carbons (Fsp3) is 0.148. The minimum Gasteiger partial charge on any atom is -0.490 e. The van der Waals surface area contributed by atoms with Gasteiger partial charge in [0.15, 0.2) is 15.8 Å². The molecule has 0 aromatic heterocycles. The molecule has 0 bridgehead atoms. The molecule has 184 valence electrons. The van der Waals surface area contributed by atoms with E-state index in [4.69, 9.17) is 38.4 Å². The molecule has 1 N–H and O–H groups in total. The van der Waals surface area contributed by atoms with E-state index in [9.17, 15) is 9.59 Å². The van der Waals surface area contributed by atoms with Gasteiger partial charge in [0.2, 0.25) is 0 Å². The van der Waals surface area contributed by atoms with E-state index in [1.165, 1.54) is 16.7 Å². The van der Waals surface area contributed by atoms with Crippen molar-refractivity contribution in [3.05, 3.63) is 93.3 Å². The third kappa shape index (κ3) is 6.26. The van der Waals surface area contributed by atoms with Crippen molar-refractivity contribution in [3.63, 3.8) is 0 Å². The Morgan fingerprint density at radius 2 is 1.72 bits per heavy atom. The van der Waals surface area contributed by atoms with Crippen molar-refractivity contribution in [2.75, 3.05) is 11.5 Å². The highest BCUT2D eigenvalue weighted by atomic mass is 35.5. The summed E-state index contributed by atoms with van der Waals surface area (Å²) in [7, 11) is 0. The van der Waals surface area contributed by atoms with Crippen LogP contribution < -0.4 is 14.4 Å². The van der Waals surface area contributed by atoms with Crippen molar-refractivity contribution in [3.8, 4) is 11.5 Å². The fourth-order valence-corrected chi connectivity index (χ4v) is 4.95. The first-order valence-corrected chi connectivity index (χ1v) is 12.7. The van der Waals surface area contributed by atoms with Crippen LogP contribution in [0.5, 0.6) is 11.5 Å². The molecule has 1 saturated heterocycles. The lowest BCUT2D eigenvalue weighted by Gasteiger charge is -2.15. The van der Waals surface area contributed by atoms with E-state index < -0.39 is 5.97 Å². The number of ether oxygens (including phenoxy) is 2. The number of thioether (sulfide) groups is 1. The third-order valence-electron chi connectivity index (χ3n) is 5.22. The van der Waals surface area contributed by atoms with Crippen LogP contribution in [0.15, 0.2) is 71.6 Å². The highest BCUT2D eigenvalue weighted by Crippen LogP contribution is 2.37. The first-order valence-electron chi connectivity index (χ1n) is 11.1. The summed E-state index contributed by atoms with van der Waals surface area (Å²) in [6, 6.07) is 19.7. The van der Waals surface area contributed by atoms with Crippen LogP contribution in [0.2, 0.25) is 5.02 Å². The van der Waals surface area contributed by atoms with E-state index >= 15 is 0 Å². The Balaban J connectivity index is 1.51. The van der Waals surface area contributed by atoms with Crippen LogP contribution in [-0.4, -0.2) is 27.9 Å². The number of halogens is 1. The maximum Gasteiger partial charge on any atom is 0.307 e. The van der Waals surface area contributed by atoms with Crippen LogP contribution in [-0.2, 0) is 22.6 Å². The number of thiocarbonyl (C=S) groups is 1. The quantitative estimate of drug-likeness (QED) is 0.251. The molecule has 4 rings (SSSR count). The van der Waals surface area contributed by atoms with Crippen molar-refractivity contribution in [1.82, 2.24) is 0 Å². The van der Waals surface area contributed by atoms with Crippen molar-refractivity contribution >= 4 is 63.5 Å². The average molecular weight is 540 g/mol. The second-order valence-electron chi connectivity index (χ2n) is 7.81. The van der Waals surface area contributed by atoms with E-state index in [1.807, 2.05) is 49.4 Å². The molecule has 0 saturated carbocycles. The van der Waals surface area contributed by atoms with Crippen LogP contribution >= 0.6 is 35.6 Å². The molecule has 0 aliphatic carbocycles. The van der Waals surface area contributed by atoms with E-state index in [1.54, 1.807) is 30.3 Å². The highest BCUT2D eigenvalue weighted by Gasteiger charge is 2.33. The standard InChI is InChI=1S/C27H22ClNO5S2/c1-2-33-23-13-19(7-12-22(23)34-16-18-3-8-20(28)9-4-18)14-24-26(32)29(27(35)36-24)21-10-5-17(6-11-21)15-25(30)31/h3-14H,2,15-16H2,1H3,(H,30,31)/b24-14-. The van der Waals surface area contributed by atoms with Crippen molar-refractivity contribution < 1.29 is 24.2 Å². The summed E-state index contributed by atoms with van der Waals surface area (Å²) in [6.07, 6.45) is 1.68. The summed E-state index contributed by atoms with van der Waals surface area (Å²) in [5, 5.41) is 9.62. The van der Waals surface area contributed by atoms with Crippen molar-refractivity contribution in [1.29, 1.82) is 0 Å². The number of carbonyl (C=O) groups is 2. The Morgan fingerprint density at radius 3 is 2.39 bits per heavy atom. The minimum absolute atomic E-state index is 0.0832. The highest BCUT2D eigenvalue weighted by molar-refractivity contribution is 8.27. The lowest BCUT2D eigenvalue weighted by Crippen LogP contribution is -2.27. The molecule has 1 fully saturated rings. The van der Waals surface area contributed by atoms with Gasteiger partial charge in [-0.25, -0.2) is 0 Å². The molecular weight excluding hydrogens is 518 g/mol. The number of amides is 1. The molecular formula is C27H22ClNO5S2. The Hall–Kier alpha value is -3.33. The zero-order chi connectivity index (χ0) is 25.7. The molecule has 6 nitrogen and oxygen atoms in total. The Morgan fingerprint density at radius 1 is 1.03 bits per heavy atom. The summed E-state index contributed by atoms with van der Waals surface area (Å²) in [5.74, 6) is 0.0174. The van der Waals surface area contributed by atoms with Gasteiger partial charge in [0, 0.05) is 5.02 Å². The summed E-state index contributed by atoms with van der Waals surface area (Å²) in [4.78, 5) is 26.0. The molecule has 0 spiro atoms. The van der Waals surface area contributed by atoms with Gasteiger partial charge in [-0.15, -0.1) is 0 Å². The normalized spacial score (nSPS) is 14.4. The molecule has 3 aromatic carbocycles. The average Bonchev–Trinajstić information content (AvgIpc) is 3.12. The van der Waals surface area contributed by atoms with Crippen LogP contribution in [0.4, 0.5) is 5.69 Å². The van der Waals surface area contributed by atoms with Crippen LogP contribution in [0.1, 0.15) is 23.6 Å². The van der Waals surface area contributed by atoms with E-state index in [0.29, 0.717) is 50.2 Å². The van der Waals surface area contributed by atoms with E-state index in [2.05, 4.69) is 0 Å². The number of benzene rings is 3. The number of rotatable bonds is 9. The summed E-state index contributed by atoms with van der Waals surface area (Å²) < 4.78 is 12.1. The van der Waals surface area contributed by atoms with E-state index in [-0.39, 0.29) is 12.3 Å². The van der Waals surface area contributed by atoms with Crippen LogP contribution in [0.25, 0.3) is 6.08 Å². The van der Waals surface area contributed by atoms with Crippen LogP contribution in [0, 0.1) is 0 Å². The third-order valence-corrected chi connectivity index (χ3v) is 6.77. The van der Waals surface area contributed by atoms with Gasteiger partial charge in [-0.2, -0.15) is 0 Å². The molecule has 1 amide bonds. The number of carboxylic acid groups (broad SMARTS) is 1. The molecule has 1 heterocycles. The maximum absolute atomic E-state index is 13.1. The number of nitrogens with zero attached hydrogens (tertiary/aromatic N) is 1. The molecule has 0 radical (unpaired) electrons. The number of carboxylic acids is 1. The lowest BCUT2D eigenvalue weighted by molar-refractivity contribution is -0.136. The predicted octanol–water partition coefficient (Wildman–Crippen LogP) is 6.35. The van der Waals surface area contributed by atoms with Gasteiger partial charge in [0.05, 0.1) is 23.6 Å². The smallest absolute Gasteiger partial charge is 0.307 e. The molecule has 1 aliphatic heterocycles. The van der Waals surface area contributed by atoms with Gasteiger partial charge in [-0.05, 0) is 66.1 Å². The number of carbonyl (C=O) groups excluding carboxylic acids is 1. The monoisotopic (exact) mass is 539 g/mol. The van der Waals surface area contributed by atoms with Gasteiger partial charge in [-0.3, -0.25) is 14.5 Å². The van der Waals surface area contributed by atoms with Gasteiger partial charge in [0.1, 0.15) is 6.61 Å². The molecule has 9 heteroatoms. The van der Waals surface area contributed by atoms with Gasteiger partial charge >= 0.3 is 5.97 Å². The largest absolute Gasteiger partial charge is 0.490 e. The second-order valence-corrected chi connectivity index (χ2v) is 9.92. The zero-order valence-corrected chi connectivity index (χ0v) is 21.7. The minimum atomic E-state index is -0.913. The Labute approximate surface area is 223 Å². The summed E-state index contributed by atoms with van der Waals surface area (Å²) >= 11 is 12.6. The predicted molar refractivity (Wildman–Crippen MR) is 147 cm³/mol. The molecule has 0 atom stereocenters. The number of anilines is 1. The van der Waals surface area contributed by atoms with E-state index in [0.717, 1.165) is 11.1 Å². The SMILES string of the molecule is CCOc1cc(/C=C2\SC(=S)N(c3ccc(CC(=O)O)cc3)C2=O)ccc1OCc1ccc(Cl)cc1. The zero-order valence-electron chi connectivity index (χ0n) is 19.3. The number of hydrogen-bond acceptors (Lipinski definition) is 6. The van der Waals surface area contributed by atoms with Gasteiger partial charge in [-0.1, -0.05) is 65.9 Å². The Kier molecular flexibility index (Phi) is 8.30. The van der Waals surface area contributed by atoms with Gasteiger partial charge < -0.3 is 14.6 Å². The van der Waals surface area contributed by atoms with Gasteiger partial charge in [0.25, 0.3) is 5.91 Å². The molecule has 3 aromatic rings. The molecule has 1 aliphatic rings. The first kappa shape index (κ1) is 25.8. The summed E-state index contributed by atoms with van der Waals surface area (Å²) in [5.41, 5.74) is 2.99. The molecule has 0 unspecified atom stereocenters.